The van der Waals surface area contributed by atoms with Gasteiger partial charge in [-0.15, -0.1) is 10.2 Å². The van der Waals surface area contributed by atoms with Gasteiger partial charge < -0.3 is 9.64 Å². The van der Waals surface area contributed by atoms with Gasteiger partial charge in [0.2, 0.25) is 10.0 Å². The number of sulfonamides is 1. The van der Waals surface area contributed by atoms with Gasteiger partial charge in [-0.25, -0.2) is 8.42 Å². The summed E-state index contributed by atoms with van der Waals surface area (Å²) in [5.41, 5.74) is 3.76. The molecule has 8 heteroatoms. The minimum atomic E-state index is -3.47. The van der Waals surface area contributed by atoms with Crippen molar-refractivity contribution < 1.29 is 13.2 Å². The number of anilines is 1. The van der Waals surface area contributed by atoms with E-state index in [9.17, 15) is 8.42 Å². The fourth-order valence-corrected chi connectivity index (χ4v) is 4.81. The number of ether oxygens (including phenoxy) is 1. The predicted octanol–water partition coefficient (Wildman–Crippen LogP) is 3.97. The number of hydrogen-bond acceptors (Lipinski definition) is 6. The standard InChI is InChI=1S/C25H28N4O3S/c1-3-32-23-10-8-22(9-11-23)24-12-13-25(27-26-24)28-15-17-29(18-16-28)33(30,31)19-14-21-6-4-20(2)5-7-21/h4-14,19H,3,15-18H2,1-2H3/b19-14-. The number of nitrogens with zero attached hydrogens (tertiary/aromatic N) is 4. The number of rotatable bonds is 7. The monoisotopic (exact) mass is 464 g/mol. The Labute approximate surface area is 195 Å². The fourth-order valence-electron chi connectivity index (χ4n) is 3.64. The quantitative estimate of drug-likeness (QED) is 0.527. The van der Waals surface area contributed by atoms with Crippen molar-refractivity contribution in [2.24, 2.45) is 0 Å². The molecule has 0 amide bonds. The van der Waals surface area contributed by atoms with Crippen molar-refractivity contribution in [3.63, 3.8) is 0 Å². The average Bonchev–Trinajstić information content (AvgIpc) is 2.85. The summed E-state index contributed by atoms with van der Waals surface area (Å²) in [4.78, 5) is 2.06. The lowest BCUT2D eigenvalue weighted by Gasteiger charge is -2.33. The number of aryl methyl sites for hydroxylation is 1. The summed E-state index contributed by atoms with van der Waals surface area (Å²) in [5.74, 6) is 1.57. The van der Waals surface area contributed by atoms with Crippen molar-refractivity contribution in [3.05, 3.63) is 77.2 Å². The second-order valence-corrected chi connectivity index (χ2v) is 9.70. The third-order valence-corrected chi connectivity index (χ3v) is 7.11. The molecule has 0 bridgehead atoms. The predicted molar refractivity (Wildman–Crippen MR) is 132 cm³/mol. The topological polar surface area (TPSA) is 75.6 Å². The van der Waals surface area contributed by atoms with E-state index in [1.54, 1.807) is 6.08 Å². The molecule has 0 radical (unpaired) electrons. The van der Waals surface area contributed by atoms with E-state index in [0.29, 0.717) is 32.8 Å². The third kappa shape index (κ3) is 5.77. The van der Waals surface area contributed by atoms with E-state index in [4.69, 9.17) is 4.74 Å². The largest absolute Gasteiger partial charge is 0.494 e. The molecule has 0 atom stereocenters. The molecule has 1 aliphatic rings. The fraction of sp³-hybridized carbons (Fsp3) is 0.280. The van der Waals surface area contributed by atoms with Crippen molar-refractivity contribution in [2.45, 2.75) is 13.8 Å². The van der Waals surface area contributed by atoms with E-state index in [2.05, 4.69) is 15.1 Å². The van der Waals surface area contributed by atoms with Gasteiger partial charge in [0.25, 0.3) is 0 Å². The van der Waals surface area contributed by atoms with Crippen molar-refractivity contribution >= 4 is 21.9 Å². The molecular formula is C25H28N4O3S. The second-order valence-electron chi connectivity index (χ2n) is 7.88. The van der Waals surface area contributed by atoms with Crippen LogP contribution in [0.25, 0.3) is 17.3 Å². The molecule has 1 fully saturated rings. The smallest absolute Gasteiger partial charge is 0.236 e. The summed E-state index contributed by atoms with van der Waals surface area (Å²) in [6.45, 7) is 6.53. The molecule has 0 unspecified atom stereocenters. The average molecular weight is 465 g/mol. The van der Waals surface area contributed by atoms with E-state index in [-0.39, 0.29) is 0 Å². The van der Waals surface area contributed by atoms with Gasteiger partial charge in [-0.2, -0.15) is 4.31 Å². The highest BCUT2D eigenvalue weighted by molar-refractivity contribution is 7.92. The molecule has 0 spiro atoms. The maximum absolute atomic E-state index is 12.7. The van der Waals surface area contributed by atoms with Gasteiger partial charge in [-0.1, -0.05) is 29.8 Å². The first-order chi connectivity index (χ1) is 15.9. The SMILES string of the molecule is CCOc1ccc(-c2ccc(N3CCN(S(=O)(=O)/C=C\c4ccc(C)cc4)CC3)nn2)cc1. The maximum atomic E-state index is 12.7. The van der Waals surface area contributed by atoms with Crippen LogP contribution < -0.4 is 9.64 Å². The van der Waals surface area contributed by atoms with Crippen LogP contribution >= 0.6 is 0 Å². The van der Waals surface area contributed by atoms with Gasteiger partial charge in [-0.3, -0.25) is 0 Å². The van der Waals surface area contributed by atoms with E-state index in [0.717, 1.165) is 34.0 Å². The van der Waals surface area contributed by atoms with Gasteiger partial charge in [0.05, 0.1) is 12.3 Å². The van der Waals surface area contributed by atoms with E-state index >= 15 is 0 Å². The highest BCUT2D eigenvalue weighted by atomic mass is 32.2. The minimum absolute atomic E-state index is 0.406. The van der Waals surface area contributed by atoms with Crippen LogP contribution in [0, 0.1) is 6.92 Å². The summed E-state index contributed by atoms with van der Waals surface area (Å²) in [5, 5.41) is 10.0. The van der Waals surface area contributed by atoms with Crippen LogP contribution in [0.1, 0.15) is 18.1 Å². The Balaban J connectivity index is 1.35. The Morgan fingerprint density at radius 2 is 1.61 bits per heavy atom. The Kier molecular flexibility index (Phi) is 7.05. The van der Waals surface area contributed by atoms with Gasteiger partial charge >= 0.3 is 0 Å². The van der Waals surface area contributed by atoms with Crippen LogP contribution in [-0.2, 0) is 10.0 Å². The molecule has 4 rings (SSSR count). The molecule has 0 saturated carbocycles. The highest BCUT2D eigenvalue weighted by Crippen LogP contribution is 2.22. The number of benzene rings is 2. The molecule has 2 heterocycles. The molecule has 7 nitrogen and oxygen atoms in total. The lowest BCUT2D eigenvalue weighted by Crippen LogP contribution is -2.48. The van der Waals surface area contributed by atoms with Crippen molar-refractivity contribution in [1.82, 2.24) is 14.5 Å². The van der Waals surface area contributed by atoms with Gasteiger partial charge in [0.15, 0.2) is 5.82 Å². The normalized spacial score (nSPS) is 15.2. The molecule has 1 aliphatic heterocycles. The van der Waals surface area contributed by atoms with Crippen molar-refractivity contribution in [3.8, 4) is 17.0 Å². The third-order valence-electron chi connectivity index (χ3n) is 5.54. The first-order valence-electron chi connectivity index (χ1n) is 11.0. The summed E-state index contributed by atoms with van der Waals surface area (Å²) in [6, 6.07) is 19.4. The Morgan fingerprint density at radius 3 is 2.21 bits per heavy atom. The van der Waals surface area contributed by atoms with E-state index in [1.807, 2.05) is 74.5 Å². The van der Waals surface area contributed by atoms with Gasteiger partial charge in [-0.05, 0) is 61.9 Å². The Bertz CT molecular complexity index is 1180. The first kappa shape index (κ1) is 22.9. The van der Waals surface area contributed by atoms with Crippen molar-refractivity contribution in [1.29, 1.82) is 0 Å². The minimum Gasteiger partial charge on any atom is -0.494 e. The lowest BCUT2D eigenvalue weighted by atomic mass is 10.1. The second kappa shape index (κ2) is 10.1. The molecule has 33 heavy (non-hydrogen) atoms. The lowest BCUT2D eigenvalue weighted by molar-refractivity contribution is 0.340. The Morgan fingerprint density at radius 1 is 0.909 bits per heavy atom. The number of piperazine rings is 1. The van der Waals surface area contributed by atoms with Gasteiger partial charge in [0, 0.05) is 37.2 Å². The first-order valence-corrected chi connectivity index (χ1v) is 12.5. The molecule has 1 aromatic heterocycles. The van der Waals surface area contributed by atoms with E-state index in [1.165, 1.54) is 9.71 Å². The van der Waals surface area contributed by atoms with Crippen LogP contribution in [-0.4, -0.2) is 55.7 Å². The molecular weight excluding hydrogens is 436 g/mol. The summed E-state index contributed by atoms with van der Waals surface area (Å²) >= 11 is 0. The van der Waals surface area contributed by atoms with Crippen LogP contribution in [0.2, 0.25) is 0 Å². The summed E-state index contributed by atoms with van der Waals surface area (Å²) in [6.07, 6.45) is 1.65. The van der Waals surface area contributed by atoms with Crippen LogP contribution in [0.3, 0.4) is 0 Å². The molecule has 0 N–H and O–H groups in total. The van der Waals surface area contributed by atoms with Crippen LogP contribution in [0.5, 0.6) is 5.75 Å². The zero-order valence-corrected chi connectivity index (χ0v) is 19.7. The van der Waals surface area contributed by atoms with Crippen LogP contribution in [0.15, 0.2) is 66.1 Å². The van der Waals surface area contributed by atoms with Gasteiger partial charge in [0.1, 0.15) is 5.75 Å². The molecule has 0 aliphatic carbocycles. The van der Waals surface area contributed by atoms with Crippen molar-refractivity contribution in [2.75, 3.05) is 37.7 Å². The van der Waals surface area contributed by atoms with Crippen LogP contribution in [0.4, 0.5) is 5.82 Å². The number of hydrogen-bond donors (Lipinski definition) is 0. The highest BCUT2D eigenvalue weighted by Gasteiger charge is 2.25. The Hall–Kier alpha value is -3.23. The van der Waals surface area contributed by atoms with E-state index < -0.39 is 10.0 Å². The zero-order chi connectivity index (χ0) is 23.3. The summed E-state index contributed by atoms with van der Waals surface area (Å²) in [7, 11) is -3.47. The molecule has 2 aromatic carbocycles. The summed E-state index contributed by atoms with van der Waals surface area (Å²) < 4.78 is 32.4. The molecule has 3 aromatic rings. The molecule has 1 saturated heterocycles. The zero-order valence-electron chi connectivity index (χ0n) is 18.9. The molecule has 172 valence electrons. The number of aromatic nitrogens is 2. The maximum Gasteiger partial charge on any atom is 0.236 e.